The van der Waals surface area contributed by atoms with Gasteiger partial charge in [-0.1, -0.05) is 29.8 Å². The fourth-order valence-electron chi connectivity index (χ4n) is 2.76. The number of imidazole rings is 1. The first-order valence-electron chi connectivity index (χ1n) is 6.93. The molecule has 0 saturated heterocycles. The summed E-state index contributed by atoms with van der Waals surface area (Å²) in [6.07, 6.45) is -4.75. The van der Waals surface area contributed by atoms with Gasteiger partial charge in [0.25, 0.3) is 0 Å². The Bertz CT molecular complexity index is 779. The van der Waals surface area contributed by atoms with E-state index in [0.29, 0.717) is 5.82 Å². The molecule has 23 heavy (non-hydrogen) atoms. The molecule has 1 unspecified atom stereocenters. The van der Waals surface area contributed by atoms with Crippen LogP contribution in [-0.2, 0) is 12.6 Å². The highest BCUT2D eigenvalue weighted by Gasteiger charge is 2.62. The number of aryl methyl sites for hydroxylation is 2. The van der Waals surface area contributed by atoms with E-state index in [1.165, 1.54) is 16.7 Å². The zero-order valence-corrected chi connectivity index (χ0v) is 12.7. The fraction of sp³-hybridized carbons (Fsp3) is 0.333. The highest BCUT2D eigenvalue weighted by Crippen LogP contribution is 2.48. The van der Waals surface area contributed by atoms with Crippen molar-refractivity contribution in [2.45, 2.75) is 25.6 Å². The molecule has 1 aliphatic heterocycles. The van der Waals surface area contributed by atoms with E-state index in [0.717, 1.165) is 5.56 Å². The molecule has 1 aromatic carbocycles. The van der Waals surface area contributed by atoms with E-state index < -0.39 is 17.7 Å². The minimum atomic E-state index is -4.75. The number of carbonyl (C=O) groups is 1. The van der Waals surface area contributed by atoms with Crippen molar-refractivity contribution in [3.05, 3.63) is 46.9 Å². The number of anilines is 1. The van der Waals surface area contributed by atoms with Crippen LogP contribution in [0.5, 0.6) is 0 Å². The lowest BCUT2D eigenvalue weighted by Gasteiger charge is -2.39. The first-order valence-corrected chi connectivity index (χ1v) is 6.93. The number of nitrogens with zero attached hydrogens (tertiary/aromatic N) is 2. The van der Waals surface area contributed by atoms with Crippen LogP contribution in [0.3, 0.4) is 0 Å². The van der Waals surface area contributed by atoms with Crippen LogP contribution in [0.2, 0.25) is 0 Å². The first-order chi connectivity index (χ1) is 10.7. The number of hydrogen-bond acceptors (Lipinski definition) is 2. The van der Waals surface area contributed by atoms with Gasteiger partial charge in [0.2, 0.25) is 5.54 Å². The van der Waals surface area contributed by atoms with Crippen LogP contribution in [0.1, 0.15) is 22.6 Å². The van der Waals surface area contributed by atoms with Crippen molar-refractivity contribution in [3.8, 4) is 0 Å². The summed E-state index contributed by atoms with van der Waals surface area (Å²) in [4.78, 5) is 16.0. The average Bonchev–Trinajstić information content (AvgIpc) is 2.74. The molecule has 5 nitrogen and oxygen atoms in total. The standard InChI is InChI=1S/C15H15F3N4O/c1-8-4-6-10(7-5-8)14(15(16,17)18)11-12(20-13(23)21-14)22(3)9(2)19-11/h4-7H,1-3H3,(H2,20,21,23). The summed E-state index contributed by atoms with van der Waals surface area (Å²) in [5, 5.41) is 4.46. The Hall–Kier alpha value is -2.51. The molecule has 0 bridgehead atoms. The number of aromatic nitrogens is 2. The molecule has 1 aromatic heterocycles. The van der Waals surface area contributed by atoms with E-state index in [9.17, 15) is 18.0 Å². The molecule has 0 fully saturated rings. The molecule has 0 saturated carbocycles. The lowest BCUT2D eigenvalue weighted by Crippen LogP contribution is -2.61. The third kappa shape index (κ3) is 2.08. The molecule has 122 valence electrons. The first kappa shape index (κ1) is 15.4. The highest BCUT2D eigenvalue weighted by molar-refractivity contribution is 5.93. The number of fused-ring (bicyclic) bond motifs is 1. The molecule has 2 heterocycles. The Morgan fingerprint density at radius 1 is 1.17 bits per heavy atom. The number of hydrogen-bond donors (Lipinski definition) is 2. The largest absolute Gasteiger partial charge is 0.421 e. The fourth-order valence-corrected chi connectivity index (χ4v) is 2.76. The number of benzene rings is 1. The molecule has 2 amide bonds. The van der Waals surface area contributed by atoms with Crippen molar-refractivity contribution in [2.75, 3.05) is 5.32 Å². The van der Waals surface area contributed by atoms with Crippen LogP contribution in [0.4, 0.5) is 23.8 Å². The number of nitrogens with one attached hydrogen (secondary N) is 2. The second-order valence-corrected chi connectivity index (χ2v) is 5.61. The van der Waals surface area contributed by atoms with E-state index in [1.807, 2.05) is 0 Å². The van der Waals surface area contributed by atoms with Crippen molar-refractivity contribution in [1.29, 1.82) is 0 Å². The zero-order chi connectivity index (χ0) is 17.0. The van der Waals surface area contributed by atoms with Gasteiger partial charge in [0.1, 0.15) is 17.3 Å². The maximum atomic E-state index is 14.1. The third-order valence-electron chi connectivity index (χ3n) is 4.12. The maximum absolute atomic E-state index is 14.1. The van der Waals surface area contributed by atoms with Crippen molar-refractivity contribution in [3.63, 3.8) is 0 Å². The van der Waals surface area contributed by atoms with Gasteiger partial charge >= 0.3 is 12.2 Å². The van der Waals surface area contributed by atoms with E-state index >= 15 is 0 Å². The Kier molecular flexibility index (Phi) is 3.17. The smallest absolute Gasteiger partial charge is 0.318 e. The molecule has 1 atom stereocenters. The summed E-state index contributed by atoms with van der Waals surface area (Å²) in [6, 6.07) is 4.96. The molecule has 0 radical (unpaired) electrons. The Morgan fingerprint density at radius 2 is 1.78 bits per heavy atom. The molecule has 0 spiro atoms. The van der Waals surface area contributed by atoms with Crippen molar-refractivity contribution in [2.24, 2.45) is 7.05 Å². The molecule has 3 rings (SSSR count). The minimum absolute atomic E-state index is 0.0455. The quantitative estimate of drug-likeness (QED) is 0.847. The van der Waals surface area contributed by atoms with Gasteiger partial charge in [-0.3, -0.25) is 5.32 Å². The lowest BCUT2D eigenvalue weighted by molar-refractivity contribution is -0.185. The maximum Gasteiger partial charge on any atom is 0.421 e. The molecule has 1 aliphatic rings. The highest BCUT2D eigenvalue weighted by atomic mass is 19.4. The minimum Gasteiger partial charge on any atom is -0.318 e. The topological polar surface area (TPSA) is 59.0 Å². The van der Waals surface area contributed by atoms with Crippen LogP contribution >= 0.6 is 0 Å². The normalized spacial score (nSPS) is 20.7. The molecule has 2 N–H and O–H groups in total. The van der Waals surface area contributed by atoms with Gasteiger partial charge in [-0.05, 0) is 19.4 Å². The molecule has 8 heteroatoms. The van der Waals surface area contributed by atoms with Crippen LogP contribution in [0.25, 0.3) is 0 Å². The van der Waals surface area contributed by atoms with Gasteiger partial charge in [-0.2, -0.15) is 13.2 Å². The second kappa shape index (κ2) is 4.74. The summed E-state index contributed by atoms with van der Waals surface area (Å²) >= 11 is 0. The summed E-state index contributed by atoms with van der Waals surface area (Å²) < 4.78 is 43.7. The SMILES string of the molecule is Cc1ccc(C2(C(F)(F)F)NC(=O)Nc3c2nc(C)n3C)cc1. The van der Waals surface area contributed by atoms with Crippen LogP contribution in [0.15, 0.2) is 24.3 Å². The van der Waals surface area contributed by atoms with E-state index in [1.54, 1.807) is 33.0 Å². The summed E-state index contributed by atoms with van der Waals surface area (Å²) in [7, 11) is 1.56. The number of rotatable bonds is 1. The Balaban J connectivity index is 2.36. The number of halogens is 3. The number of alkyl halides is 3. The van der Waals surface area contributed by atoms with Crippen molar-refractivity contribution in [1.82, 2.24) is 14.9 Å². The van der Waals surface area contributed by atoms with Crippen LogP contribution in [-0.4, -0.2) is 21.8 Å². The Labute approximate surface area is 130 Å². The monoisotopic (exact) mass is 324 g/mol. The van der Waals surface area contributed by atoms with E-state index in [-0.39, 0.29) is 17.1 Å². The number of urea groups is 1. The summed E-state index contributed by atoms with van der Waals surface area (Å²) in [5.41, 5.74) is -2.19. The summed E-state index contributed by atoms with van der Waals surface area (Å²) in [5.74, 6) is 0.420. The number of carbonyl (C=O) groups excluding carboxylic acids is 1. The zero-order valence-electron chi connectivity index (χ0n) is 12.7. The van der Waals surface area contributed by atoms with Crippen molar-refractivity contribution < 1.29 is 18.0 Å². The van der Waals surface area contributed by atoms with Gasteiger partial charge in [0.05, 0.1) is 0 Å². The van der Waals surface area contributed by atoms with Crippen LogP contribution in [0, 0.1) is 13.8 Å². The molecular weight excluding hydrogens is 309 g/mol. The van der Waals surface area contributed by atoms with Gasteiger partial charge in [0.15, 0.2) is 0 Å². The predicted octanol–water partition coefficient (Wildman–Crippen LogP) is 2.98. The van der Waals surface area contributed by atoms with Gasteiger partial charge in [-0.25, -0.2) is 9.78 Å². The Morgan fingerprint density at radius 3 is 2.35 bits per heavy atom. The van der Waals surface area contributed by atoms with E-state index in [2.05, 4.69) is 15.6 Å². The molecule has 2 aromatic rings. The van der Waals surface area contributed by atoms with Crippen LogP contribution < -0.4 is 10.6 Å². The number of amides is 2. The van der Waals surface area contributed by atoms with E-state index in [4.69, 9.17) is 0 Å². The summed E-state index contributed by atoms with van der Waals surface area (Å²) in [6.45, 7) is 3.36. The van der Waals surface area contributed by atoms with Gasteiger partial charge in [0, 0.05) is 7.05 Å². The second-order valence-electron chi connectivity index (χ2n) is 5.61. The average molecular weight is 324 g/mol. The van der Waals surface area contributed by atoms with Gasteiger partial charge in [-0.15, -0.1) is 0 Å². The van der Waals surface area contributed by atoms with Crippen molar-refractivity contribution >= 4 is 11.8 Å². The lowest BCUT2D eigenvalue weighted by atomic mass is 9.84. The molecular formula is C15H15F3N4O. The van der Waals surface area contributed by atoms with Gasteiger partial charge < -0.3 is 9.88 Å². The predicted molar refractivity (Wildman–Crippen MR) is 78.1 cm³/mol. The molecule has 0 aliphatic carbocycles. The third-order valence-corrected chi connectivity index (χ3v) is 4.12.